The van der Waals surface area contributed by atoms with Crippen molar-refractivity contribution < 1.29 is 26.4 Å². The number of sulfonamides is 1. The first-order valence-electron chi connectivity index (χ1n) is 8.03. The van der Waals surface area contributed by atoms with Gasteiger partial charge < -0.3 is 5.32 Å². The van der Waals surface area contributed by atoms with Crippen LogP contribution in [0.1, 0.15) is 27.0 Å². The summed E-state index contributed by atoms with van der Waals surface area (Å²) in [6, 6.07) is 8.72. The van der Waals surface area contributed by atoms with E-state index >= 15 is 0 Å². The highest BCUT2D eigenvalue weighted by Gasteiger charge is 2.30. The first-order chi connectivity index (χ1) is 12.5. The lowest BCUT2D eigenvalue weighted by Crippen LogP contribution is -2.35. The maximum absolute atomic E-state index is 12.5. The number of alkyl halides is 3. The van der Waals surface area contributed by atoms with Gasteiger partial charge in [0.25, 0.3) is 5.91 Å². The number of hydrogen-bond acceptors (Lipinski definition) is 3. The lowest BCUT2D eigenvalue weighted by atomic mass is 10.1. The van der Waals surface area contributed by atoms with Crippen LogP contribution in [0.15, 0.2) is 47.4 Å². The number of carbonyl (C=O) groups is 1. The molecule has 0 spiro atoms. The molecule has 2 N–H and O–H groups in total. The number of rotatable bonds is 6. The van der Waals surface area contributed by atoms with E-state index in [1.165, 1.54) is 6.07 Å². The van der Waals surface area contributed by atoms with Crippen LogP contribution in [-0.2, 0) is 16.2 Å². The van der Waals surface area contributed by atoms with Crippen molar-refractivity contribution in [3.05, 3.63) is 64.7 Å². The van der Waals surface area contributed by atoms with E-state index in [-0.39, 0.29) is 23.5 Å². The highest BCUT2D eigenvalue weighted by atomic mass is 32.2. The molecule has 0 radical (unpaired) electrons. The molecule has 0 saturated carbocycles. The van der Waals surface area contributed by atoms with Crippen LogP contribution in [0.2, 0.25) is 0 Å². The van der Waals surface area contributed by atoms with E-state index in [2.05, 4.69) is 10.0 Å². The van der Waals surface area contributed by atoms with Gasteiger partial charge >= 0.3 is 6.18 Å². The normalized spacial score (nSPS) is 12.0. The Balaban J connectivity index is 1.89. The number of carbonyl (C=O) groups excluding carboxylic acids is 1. The minimum Gasteiger partial charge on any atom is -0.351 e. The van der Waals surface area contributed by atoms with Crippen molar-refractivity contribution in [1.82, 2.24) is 10.0 Å². The van der Waals surface area contributed by atoms with Crippen LogP contribution in [0.3, 0.4) is 0 Å². The standard InChI is InChI=1S/C18H19F3N2O3S/c1-12-3-8-16(13(2)11-12)27(25,26)23-10-9-22-17(24)14-4-6-15(7-5-14)18(19,20)21/h3-8,11,23H,9-10H2,1-2H3,(H,22,24). The van der Waals surface area contributed by atoms with Crippen LogP contribution in [0.4, 0.5) is 13.2 Å². The van der Waals surface area contributed by atoms with Crippen molar-refractivity contribution in [2.75, 3.05) is 13.1 Å². The van der Waals surface area contributed by atoms with Crippen molar-refractivity contribution in [2.45, 2.75) is 24.9 Å². The predicted octanol–water partition coefficient (Wildman–Crippen LogP) is 3.03. The molecule has 2 aromatic rings. The van der Waals surface area contributed by atoms with Gasteiger partial charge in [-0.1, -0.05) is 17.7 Å². The topological polar surface area (TPSA) is 75.3 Å². The fraction of sp³-hybridized carbons (Fsp3) is 0.278. The van der Waals surface area contributed by atoms with Crippen molar-refractivity contribution in [3.63, 3.8) is 0 Å². The average Bonchev–Trinajstić information content (AvgIpc) is 2.57. The van der Waals surface area contributed by atoms with Crippen molar-refractivity contribution in [3.8, 4) is 0 Å². The van der Waals surface area contributed by atoms with E-state index < -0.39 is 27.7 Å². The summed E-state index contributed by atoms with van der Waals surface area (Å²) in [5.74, 6) is -0.588. The van der Waals surface area contributed by atoms with E-state index in [1.807, 2.05) is 6.92 Å². The van der Waals surface area contributed by atoms with Crippen LogP contribution >= 0.6 is 0 Å². The zero-order chi connectivity index (χ0) is 20.2. The highest BCUT2D eigenvalue weighted by Crippen LogP contribution is 2.29. The summed E-state index contributed by atoms with van der Waals surface area (Å²) in [7, 11) is -3.72. The van der Waals surface area contributed by atoms with E-state index in [0.717, 1.165) is 29.8 Å². The number of aryl methyl sites for hydroxylation is 2. The third-order valence-electron chi connectivity index (χ3n) is 3.80. The average molecular weight is 400 g/mol. The van der Waals surface area contributed by atoms with E-state index in [0.29, 0.717) is 5.56 Å². The van der Waals surface area contributed by atoms with Gasteiger partial charge in [0.05, 0.1) is 10.5 Å². The summed E-state index contributed by atoms with van der Waals surface area (Å²) in [6.07, 6.45) is -4.47. The quantitative estimate of drug-likeness (QED) is 0.732. The zero-order valence-corrected chi connectivity index (χ0v) is 15.5. The van der Waals surface area contributed by atoms with Crippen LogP contribution in [-0.4, -0.2) is 27.4 Å². The monoisotopic (exact) mass is 400 g/mol. The molecule has 0 aliphatic carbocycles. The van der Waals surface area contributed by atoms with Crippen LogP contribution < -0.4 is 10.0 Å². The molecule has 9 heteroatoms. The van der Waals surface area contributed by atoms with Crippen LogP contribution in [0, 0.1) is 13.8 Å². The molecular weight excluding hydrogens is 381 g/mol. The smallest absolute Gasteiger partial charge is 0.351 e. The molecule has 0 aliphatic rings. The van der Waals surface area contributed by atoms with E-state index in [4.69, 9.17) is 0 Å². The van der Waals surface area contributed by atoms with Gasteiger partial charge in [-0.05, 0) is 49.7 Å². The SMILES string of the molecule is Cc1ccc(S(=O)(=O)NCCNC(=O)c2ccc(C(F)(F)F)cc2)c(C)c1. The molecule has 0 heterocycles. The van der Waals surface area contributed by atoms with Crippen LogP contribution in [0.5, 0.6) is 0 Å². The summed E-state index contributed by atoms with van der Waals surface area (Å²) >= 11 is 0. The van der Waals surface area contributed by atoms with Gasteiger partial charge in [-0.25, -0.2) is 13.1 Å². The molecule has 2 aromatic carbocycles. The third kappa shape index (κ3) is 5.54. The fourth-order valence-electron chi connectivity index (χ4n) is 2.45. The second-order valence-electron chi connectivity index (χ2n) is 6.00. The zero-order valence-electron chi connectivity index (χ0n) is 14.7. The molecule has 0 saturated heterocycles. The number of amides is 1. The lowest BCUT2D eigenvalue weighted by Gasteiger charge is -2.11. The van der Waals surface area contributed by atoms with Gasteiger partial charge in [0.2, 0.25) is 10.0 Å². The lowest BCUT2D eigenvalue weighted by molar-refractivity contribution is -0.137. The molecular formula is C18H19F3N2O3S. The molecule has 5 nitrogen and oxygen atoms in total. The molecule has 0 aromatic heterocycles. The number of nitrogens with one attached hydrogen (secondary N) is 2. The Hall–Kier alpha value is -2.39. The maximum atomic E-state index is 12.5. The molecule has 0 atom stereocenters. The third-order valence-corrected chi connectivity index (χ3v) is 5.42. The number of benzene rings is 2. The van der Waals surface area contributed by atoms with Gasteiger partial charge in [-0.3, -0.25) is 4.79 Å². The molecule has 0 aliphatic heterocycles. The summed E-state index contributed by atoms with van der Waals surface area (Å²) in [4.78, 5) is 12.1. The minimum absolute atomic E-state index is 0.00993. The Bertz CT molecular complexity index is 924. The van der Waals surface area contributed by atoms with Gasteiger partial charge in [0.1, 0.15) is 0 Å². The Morgan fingerprint density at radius 3 is 2.19 bits per heavy atom. The molecule has 0 unspecified atom stereocenters. The molecule has 27 heavy (non-hydrogen) atoms. The first-order valence-corrected chi connectivity index (χ1v) is 9.51. The maximum Gasteiger partial charge on any atom is 0.416 e. The Kier molecular flexibility index (Phi) is 6.27. The molecule has 0 bridgehead atoms. The molecule has 0 fully saturated rings. The molecule has 146 valence electrons. The Morgan fingerprint density at radius 2 is 1.63 bits per heavy atom. The number of hydrogen-bond donors (Lipinski definition) is 2. The fourth-order valence-corrected chi connectivity index (χ4v) is 3.71. The minimum atomic E-state index is -4.47. The van der Waals surface area contributed by atoms with Crippen molar-refractivity contribution in [1.29, 1.82) is 0 Å². The predicted molar refractivity (Wildman–Crippen MR) is 94.9 cm³/mol. The van der Waals surface area contributed by atoms with Crippen LogP contribution in [0.25, 0.3) is 0 Å². The molecule has 2 rings (SSSR count). The summed E-state index contributed by atoms with van der Waals surface area (Å²) < 4.78 is 64.5. The first kappa shape index (κ1) is 20.9. The summed E-state index contributed by atoms with van der Waals surface area (Å²) in [6.45, 7) is 3.48. The second kappa shape index (κ2) is 8.10. The van der Waals surface area contributed by atoms with Gasteiger partial charge in [-0.15, -0.1) is 0 Å². The second-order valence-corrected chi connectivity index (χ2v) is 7.73. The Labute approximate surface area is 155 Å². The van der Waals surface area contributed by atoms with Gasteiger partial charge in [0.15, 0.2) is 0 Å². The Morgan fingerprint density at radius 1 is 1.00 bits per heavy atom. The van der Waals surface area contributed by atoms with Gasteiger partial charge in [-0.2, -0.15) is 13.2 Å². The van der Waals surface area contributed by atoms with Crippen molar-refractivity contribution >= 4 is 15.9 Å². The number of halogens is 3. The van der Waals surface area contributed by atoms with Crippen molar-refractivity contribution in [2.24, 2.45) is 0 Å². The largest absolute Gasteiger partial charge is 0.416 e. The summed E-state index contributed by atoms with van der Waals surface area (Å²) in [5, 5.41) is 2.46. The highest BCUT2D eigenvalue weighted by molar-refractivity contribution is 7.89. The molecule has 1 amide bonds. The van der Waals surface area contributed by atoms with E-state index in [1.54, 1.807) is 19.1 Å². The summed E-state index contributed by atoms with van der Waals surface area (Å²) in [5.41, 5.74) is 0.757. The van der Waals surface area contributed by atoms with E-state index in [9.17, 15) is 26.4 Å². The van der Waals surface area contributed by atoms with Gasteiger partial charge in [0, 0.05) is 18.7 Å².